The molecular formula is C19H27F2IN4O2. The second kappa shape index (κ2) is 12.5. The Balaban J connectivity index is 0.00000392. The minimum Gasteiger partial charge on any atom is -0.489 e. The number of benzene rings is 1. The Morgan fingerprint density at radius 1 is 1.21 bits per heavy atom. The third kappa shape index (κ3) is 7.25. The average molecular weight is 508 g/mol. The number of hydrogen-bond acceptors (Lipinski definition) is 4. The lowest BCUT2D eigenvalue weighted by Gasteiger charge is -2.12. The molecular weight excluding hydrogens is 481 g/mol. The molecule has 0 radical (unpaired) electrons. The summed E-state index contributed by atoms with van der Waals surface area (Å²) in [5, 5.41) is 10.3. The van der Waals surface area contributed by atoms with Crippen LogP contribution in [0.1, 0.15) is 44.1 Å². The SMILES string of the molecule is CCC(CC)c1cc(CNC(=NC)NCCOc2ccc(F)cc2F)on1.I. The molecule has 2 rings (SSSR count). The van der Waals surface area contributed by atoms with Crippen molar-refractivity contribution in [3.63, 3.8) is 0 Å². The van der Waals surface area contributed by atoms with Gasteiger partial charge in [-0.3, -0.25) is 4.99 Å². The maximum Gasteiger partial charge on any atom is 0.191 e. The summed E-state index contributed by atoms with van der Waals surface area (Å²) in [5.41, 5.74) is 0.967. The highest BCUT2D eigenvalue weighted by Crippen LogP contribution is 2.22. The first-order valence-electron chi connectivity index (χ1n) is 9.05. The molecule has 0 amide bonds. The van der Waals surface area contributed by atoms with Gasteiger partial charge < -0.3 is 19.9 Å². The molecule has 0 saturated carbocycles. The van der Waals surface area contributed by atoms with Crippen molar-refractivity contribution in [3.05, 3.63) is 47.4 Å². The predicted molar refractivity (Wildman–Crippen MR) is 115 cm³/mol. The summed E-state index contributed by atoms with van der Waals surface area (Å²) in [6, 6.07) is 5.16. The van der Waals surface area contributed by atoms with Gasteiger partial charge in [-0.05, 0) is 25.0 Å². The summed E-state index contributed by atoms with van der Waals surface area (Å²) >= 11 is 0. The van der Waals surface area contributed by atoms with Crippen molar-refractivity contribution in [2.24, 2.45) is 4.99 Å². The molecule has 0 saturated heterocycles. The highest BCUT2D eigenvalue weighted by molar-refractivity contribution is 14.0. The molecule has 2 N–H and O–H groups in total. The van der Waals surface area contributed by atoms with Crippen LogP contribution in [0.2, 0.25) is 0 Å². The average Bonchev–Trinajstić information content (AvgIpc) is 3.12. The fraction of sp³-hybridized carbons (Fsp3) is 0.474. The van der Waals surface area contributed by atoms with Crippen molar-refractivity contribution >= 4 is 29.9 Å². The summed E-state index contributed by atoms with van der Waals surface area (Å²) in [7, 11) is 1.64. The number of nitrogens with one attached hydrogen (secondary N) is 2. The van der Waals surface area contributed by atoms with Crippen LogP contribution in [0.4, 0.5) is 8.78 Å². The molecule has 0 bridgehead atoms. The summed E-state index contributed by atoms with van der Waals surface area (Å²) < 4.78 is 37.0. The molecule has 28 heavy (non-hydrogen) atoms. The number of guanidine groups is 1. The van der Waals surface area contributed by atoms with Crippen LogP contribution in [0, 0.1) is 11.6 Å². The Morgan fingerprint density at radius 3 is 2.61 bits per heavy atom. The standard InChI is InChI=1S/C19H26F2N4O2.HI/c1-4-13(5-2)17-11-15(27-25-17)12-24-19(22-3)23-8-9-26-18-7-6-14(20)10-16(18)21;/h6-7,10-11,13H,4-5,8-9,12H2,1-3H3,(H2,22,23,24);1H. The van der Waals surface area contributed by atoms with Crippen LogP contribution < -0.4 is 15.4 Å². The molecule has 1 aromatic carbocycles. The van der Waals surface area contributed by atoms with Gasteiger partial charge in [-0.15, -0.1) is 24.0 Å². The van der Waals surface area contributed by atoms with Gasteiger partial charge in [0.05, 0.1) is 18.8 Å². The van der Waals surface area contributed by atoms with Crippen molar-refractivity contribution in [2.45, 2.75) is 39.2 Å². The molecule has 156 valence electrons. The van der Waals surface area contributed by atoms with Crippen molar-refractivity contribution in [3.8, 4) is 5.75 Å². The number of aliphatic imine (C=N–C) groups is 1. The molecule has 0 atom stereocenters. The second-order valence-corrected chi connectivity index (χ2v) is 6.01. The predicted octanol–water partition coefficient (Wildman–Crippen LogP) is 4.22. The van der Waals surface area contributed by atoms with E-state index in [1.165, 1.54) is 6.07 Å². The zero-order chi connectivity index (χ0) is 19.6. The molecule has 0 unspecified atom stereocenters. The van der Waals surface area contributed by atoms with Gasteiger partial charge in [0, 0.05) is 25.1 Å². The second-order valence-electron chi connectivity index (χ2n) is 6.01. The van der Waals surface area contributed by atoms with Gasteiger partial charge in [-0.25, -0.2) is 8.78 Å². The fourth-order valence-electron chi connectivity index (χ4n) is 2.63. The normalized spacial score (nSPS) is 11.3. The quantitative estimate of drug-likeness (QED) is 0.230. The first kappa shape index (κ1) is 24.1. The summed E-state index contributed by atoms with van der Waals surface area (Å²) in [6.07, 6.45) is 2.04. The highest BCUT2D eigenvalue weighted by Gasteiger charge is 2.13. The molecule has 1 aromatic heterocycles. The van der Waals surface area contributed by atoms with Crippen LogP contribution in [0.3, 0.4) is 0 Å². The number of aromatic nitrogens is 1. The summed E-state index contributed by atoms with van der Waals surface area (Å²) in [6.45, 7) is 5.30. The van der Waals surface area contributed by atoms with E-state index in [1.807, 2.05) is 6.07 Å². The van der Waals surface area contributed by atoms with Crippen LogP contribution in [0.15, 0.2) is 33.8 Å². The topological polar surface area (TPSA) is 71.7 Å². The molecule has 1 heterocycles. The summed E-state index contributed by atoms with van der Waals surface area (Å²) in [5.74, 6) is 0.335. The Morgan fingerprint density at radius 2 is 1.96 bits per heavy atom. The Hall–Kier alpha value is -1.91. The Bertz CT molecular complexity index is 751. The van der Waals surface area contributed by atoms with Gasteiger partial charge in [0.25, 0.3) is 0 Å². The van der Waals surface area contributed by atoms with E-state index < -0.39 is 11.6 Å². The van der Waals surface area contributed by atoms with Crippen LogP contribution in [-0.2, 0) is 6.54 Å². The van der Waals surface area contributed by atoms with E-state index in [2.05, 4.69) is 34.6 Å². The zero-order valence-corrected chi connectivity index (χ0v) is 18.6. The van der Waals surface area contributed by atoms with Gasteiger partial charge in [-0.1, -0.05) is 19.0 Å². The van der Waals surface area contributed by atoms with E-state index in [-0.39, 0.29) is 36.3 Å². The minimum absolute atomic E-state index is 0. The van der Waals surface area contributed by atoms with Gasteiger partial charge >= 0.3 is 0 Å². The van der Waals surface area contributed by atoms with Crippen LogP contribution >= 0.6 is 24.0 Å². The lowest BCUT2D eigenvalue weighted by molar-refractivity contribution is 0.304. The molecule has 6 nitrogen and oxygen atoms in total. The Labute approximate surface area is 181 Å². The minimum atomic E-state index is -0.726. The maximum atomic E-state index is 13.5. The number of ether oxygens (including phenoxy) is 1. The molecule has 0 aliphatic heterocycles. The van der Waals surface area contributed by atoms with E-state index in [4.69, 9.17) is 9.26 Å². The van der Waals surface area contributed by atoms with Crippen molar-refractivity contribution in [2.75, 3.05) is 20.2 Å². The number of halogens is 3. The number of hydrogen-bond donors (Lipinski definition) is 2. The third-order valence-corrected chi connectivity index (χ3v) is 4.18. The maximum absolute atomic E-state index is 13.5. The highest BCUT2D eigenvalue weighted by atomic mass is 127. The lowest BCUT2D eigenvalue weighted by Crippen LogP contribution is -2.38. The fourth-order valence-corrected chi connectivity index (χ4v) is 2.63. The van der Waals surface area contributed by atoms with Crippen molar-refractivity contribution in [1.29, 1.82) is 0 Å². The van der Waals surface area contributed by atoms with Crippen molar-refractivity contribution in [1.82, 2.24) is 15.8 Å². The van der Waals surface area contributed by atoms with Gasteiger partial charge in [0.15, 0.2) is 23.3 Å². The number of rotatable bonds is 9. The van der Waals surface area contributed by atoms with E-state index in [1.54, 1.807) is 7.05 Å². The zero-order valence-electron chi connectivity index (χ0n) is 16.3. The van der Waals surface area contributed by atoms with E-state index in [9.17, 15) is 8.78 Å². The van der Waals surface area contributed by atoms with Gasteiger partial charge in [-0.2, -0.15) is 0 Å². The van der Waals surface area contributed by atoms with Gasteiger partial charge in [0.1, 0.15) is 12.4 Å². The van der Waals surface area contributed by atoms with Crippen LogP contribution in [0.5, 0.6) is 5.75 Å². The third-order valence-electron chi connectivity index (χ3n) is 4.18. The molecule has 0 fully saturated rings. The molecule has 2 aromatic rings. The van der Waals surface area contributed by atoms with E-state index in [0.717, 1.165) is 36.4 Å². The van der Waals surface area contributed by atoms with Crippen molar-refractivity contribution < 1.29 is 18.0 Å². The first-order valence-corrected chi connectivity index (χ1v) is 9.05. The van der Waals surface area contributed by atoms with Crippen LogP contribution in [-0.4, -0.2) is 31.3 Å². The number of nitrogens with zero attached hydrogens (tertiary/aromatic N) is 2. The molecule has 0 spiro atoms. The van der Waals surface area contributed by atoms with Gasteiger partial charge in [0.2, 0.25) is 0 Å². The lowest BCUT2D eigenvalue weighted by atomic mass is 9.99. The molecule has 0 aliphatic rings. The smallest absolute Gasteiger partial charge is 0.191 e. The monoisotopic (exact) mass is 508 g/mol. The molecule has 9 heteroatoms. The molecule has 0 aliphatic carbocycles. The Kier molecular flexibility index (Phi) is 10.8. The first-order chi connectivity index (χ1) is 13.1. The van der Waals surface area contributed by atoms with E-state index in [0.29, 0.717) is 25.0 Å². The van der Waals surface area contributed by atoms with E-state index >= 15 is 0 Å². The van der Waals surface area contributed by atoms with Crippen LogP contribution in [0.25, 0.3) is 0 Å². The largest absolute Gasteiger partial charge is 0.489 e. The summed E-state index contributed by atoms with van der Waals surface area (Å²) in [4.78, 5) is 4.10.